The van der Waals surface area contributed by atoms with Crippen molar-refractivity contribution in [3.05, 3.63) is 106 Å². The zero-order valence-corrected chi connectivity index (χ0v) is 17.6. The molecule has 2 aliphatic rings. The minimum atomic E-state index is -1.36. The van der Waals surface area contributed by atoms with Crippen LogP contribution in [0.15, 0.2) is 78.9 Å². The highest BCUT2D eigenvalue weighted by Gasteiger charge is 2.68. The van der Waals surface area contributed by atoms with Gasteiger partial charge < -0.3 is 10.1 Å². The van der Waals surface area contributed by atoms with Crippen molar-refractivity contribution in [3.63, 3.8) is 0 Å². The minimum Gasteiger partial charge on any atom is -0.489 e. The molecule has 3 aromatic carbocycles. The van der Waals surface area contributed by atoms with Crippen molar-refractivity contribution >= 4 is 11.6 Å². The van der Waals surface area contributed by atoms with Crippen LogP contribution in [0.2, 0.25) is 0 Å². The van der Waals surface area contributed by atoms with E-state index in [4.69, 9.17) is 4.74 Å². The van der Waals surface area contributed by atoms with E-state index in [2.05, 4.69) is 5.32 Å². The Balaban J connectivity index is 1.56. The first-order valence-corrected chi connectivity index (χ1v) is 10.5. The van der Waals surface area contributed by atoms with Crippen molar-refractivity contribution in [1.82, 2.24) is 4.90 Å². The van der Waals surface area contributed by atoms with Gasteiger partial charge in [-0.3, -0.25) is 19.8 Å². The van der Waals surface area contributed by atoms with Gasteiger partial charge in [-0.2, -0.15) is 0 Å². The van der Waals surface area contributed by atoms with Gasteiger partial charge in [0, 0.05) is 28.3 Å². The predicted octanol–water partition coefficient (Wildman–Crippen LogP) is 3.79. The first kappa shape index (κ1) is 20.2. The molecule has 1 N–H and O–H groups in total. The number of amides is 1. The third-order valence-electron chi connectivity index (χ3n) is 6.60. The molecule has 32 heavy (non-hydrogen) atoms. The maximum atomic E-state index is 13.3. The van der Waals surface area contributed by atoms with E-state index in [0.29, 0.717) is 30.2 Å². The molecule has 7 nitrogen and oxygen atoms in total. The van der Waals surface area contributed by atoms with Crippen LogP contribution in [0.5, 0.6) is 5.75 Å². The highest BCUT2D eigenvalue weighted by molar-refractivity contribution is 6.06. The van der Waals surface area contributed by atoms with Gasteiger partial charge in [-0.15, -0.1) is 0 Å². The quantitative estimate of drug-likeness (QED) is 0.493. The van der Waals surface area contributed by atoms with Crippen LogP contribution < -0.4 is 10.1 Å². The largest absolute Gasteiger partial charge is 0.489 e. The molecule has 162 valence electrons. The molecule has 1 fully saturated rings. The number of likely N-dealkylation sites (N-methyl/N-ethyl adjacent to an activating group) is 1. The number of carbonyl (C=O) groups is 1. The fourth-order valence-electron chi connectivity index (χ4n) is 5.21. The fourth-order valence-corrected chi connectivity index (χ4v) is 5.21. The van der Waals surface area contributed by atoms with E-state index < -0.39 is 17.5 Å². The Kier molecular flexibility index (Phi) is 4.90. The molecule has 1 saturated heterocycles. The second-order valence-electron chi connectivity index (χ2n) is 8.30. The van der Waals surface area contributed by atoms with E-state index in [9.17, 15) is 14.9 Å². The molecule has 1 spiro atoms. The number of fused-ring (bicyclic) bond motifs is 2. The number of hydrogen-bond donors (Lipinski definition) is 1. The Labute approximate surface area is 185 Å². The number of rotatable bonds is 5. The number of nitrogens with zero attached hydrogens (tertiary/aromatic N) is 2. The molecule has 0 bridgehead atoms. The highest BCUT2D eigenvalue weighted by atomic mass is 16.6. The number of nitro groups is 1. The number of carbonyl (C=O) groups excluding carboxylic acids is 1. The number of nitrogens with one attached hydrogen (secondary N) is 1. The van der Waals surface area contributed by atoms with Crippen molar-refractivity contribution in [2.75, 3.05) is 18.9 Å². The zero-order chi connectivity index (χ0) is 22.3. The molecule has 0 saturated carbocycles. The lowest BCUT2D eigenvalue weighted by Crippen LogP contribution is -2.54. The van der Waals surface area contributed by atoms with Gasteiger partial charge in [-0.25, -0.2) is 0 Å². The first-order chi connectivity index (χ1) is 15.5. The summed E-state index contributed by atoms with van der Waals surface area (Å²) in [6.45, 7) is 0.719. The molecule has 2 heterocycles. The molecule has 0 aliphatic carbocycles. The van der Waals surface area contributed by atoms with Gasteiger partial charge in [-0.05, 0) is 24.7 Å². The first-order valence-electron chi connectivity index (χ1n) is 10.5. The summed E-state index contributed by atoms with van der Waals surface area (Å²) in [5.74, 6) is -0.266. The van der Waals surface area contributed by atoms with Gasteiger partial charge >= 0.3 is 0 Å². The van der Waals surface area contributed by atoms with Gasteiger partial charge in [0.1, 0.15) is 12.4 Å². The Hall–Kier alpha value is -3.71. The predicted molar refractivity (Wildman–Crippen MR) is 120 cm³/mol. The van der Waals surface area contributed by atoms with Crippen molar-refractivity contribution in [3.8, 4) is 5.75 Å². The molecule has 7 heteroatoms. The van der Waals surface area contributed by atoms with Gasteiger partial charge in [0.05, 0.1) is 5.92 Å². The van der Waals surface area contributed by atoms with Crippen LogP contribution in [0.25, 0.3) is 0 Å². The molecule has 0 radical (unpaired) electrons. The lowest BCUT2D eigenvalue weighted by molar-refractivity contribution is -0.534. The molecule has 3 atom stereocenters. The number of para-hydroxylation sites is 2. The summed E-state index contributed by atoms with van der Waals surface area (Å²) in [6, 6.07) is 23.3. The Bertz CT molecular complexity index is 1180. The van der Waals surface area contributed by atoms with Gasteiger partial charge in [-0.1, -0.05) is 66.7 Å². The van der Waals surface area contributed by atoms with Gasteiger partial charge in [0.25, 0.3) is 11.9 Å². The Morgan fingerprint density at radius 3 is 2.53 bits per heavy atom. The summed E-state index contributed by atoms with van der Waals surface area (Å²) in [5, 5.41) is 15.4. The molecule has 3 aromatic rings. The Morgan fingerprint density at radius 1 is 1.06 bits per heavy atom. The van der Waals surface area contributed by atoms with Crippen LogP contribution in [-0.4, -0.2) is 35.4 Å². The number of likely N-dealkylation sites (tertiary alicyclic amines) is 1. The van der Waals surface area contributed by atoms with Gasteiger partial charge in [0.15, 0.2) is 5.54 Å². The van der Waals surface area contributed by atoms with Gasteiger partial charge in [0.2, 0.25) is 0 Å². The summed E-state index contributed by atoms with van der Waals surface area (Å²) >= 11 is 0. The number of hydrogen-bond acceptors (Lipinski definition) is 5. The van der Waals surface area contributed by atoms with Crippen LogP contribution >= 0.6 is 0 Å². The van der Waals surface area contributed by atoms with E-state index in [-0.39, 0.29) is 10.8 Å². The SMILES string of the molecule is CN1C[C@H](c2ccccc2OCc2ccccc2)[C@H]([N+](=O)[O-])[C@]12C(=O)Nc1ccccc12. The highest BCUT2D eigenvalue weighted by Crippen LogP contribution is 2.52. The molecule has 2 aliphatic heterocycles. The fraction of sp³-hybridized carbons (Fsp3) is 0.240. The van der Waals surface area contributed by atoms with E-state index >= 15 is 0 Å². The molecular weight excluding hydrogens is 406 g/mol. The number of benzene rings is 3. The summed E-state index contributed by atoms with van der Waals surface area (Å²) in [6.07, 6.45) is 0. The Morgan fingerprint density at radius 2 is 1.75 bits per heavy atom. The number of ether oxygens (including phenoxy) is 1. The molecule has 1 amide bonds. The van der Waals surface area contributed by atoms with Crippen LogP contribution in [-0.2, 0) is 16.9 Å². The second-order valence-corrected chi connectivity index (χ2v) is 8.30. The van der Waals surface area contributed by atoms with Crippen molar-refractivity contribution in [2.24, 2.45) is 0 Å². The normalized spacial score (nSPS) is 24.3. The minimum absolute atomic E-state index is 0.302. The number of anilines is 1. The smallest absolute Gasteiger partial charge is 0.256 e. The third kappa shape index (κ3) is 2.97. The standard InChI is InChI=1S/C25H23N3O4/c1-27-15-19(18-11-5-8-14-22(18)32-16-17-9-3-2-4-10-17)23(28(30)31)25(27)20-12-6-7-13-21(20)26-24(25)29/h2-14,19,23H,15-16H2,1H3,(H,26,29)/t19-,23+,25-/m1/s1. The van der Waals surface area contributed by atoms with Crippen LogP contribution in [0.4, 0.5) is 5.69 Å². The van der Waals surface area contributed by atoms with Crippen molar-refractivity contribution < 1.29 is 14.5 Å². The lowest BCUT2D eigenvalue weighted by atomic mass is 9.79. The van der Waals surface area contributed by atoms with Crippen molar-refractivity contribution in [2.45, 2.75) is 24.1 Å². The van der Waals surface area contributed by atoms with E-state index in [1.54, 1.807) is 19.2 Å². The lowest BCUT2D eigenvalue weighted by Gasteiger charge is -2.30. The maximum absolute atomic E-state index is 13.3. The zero-order valence-electron chi connectivity index (χ0n) is 17.6. The summed E-state index contributed by atoms with van der Waals surface area (Å²) in [7, 11) is 1.78. The van der Waals surface area contributed by atoms with E-state index in [0.717, 1.165) is 11.1 Å². The summed E-state index contributed by atoms with van der Waals surface area (Å²) in [5.41, 5.74) is 1.67. The molecule has 5 rings (SSSR count). The van der Waals surface area contributed by atoms with Crippen LogP contribution in [0, 0.1) is 10.1 Å². The maximum Gasteiger partial charge on any atom is 0.256 e. The molecular formula is C25H23N3O4. The topological polar surface area (TPSA) is 84.7 Å². The van der Waals surface area contributed by atoms with Crippen LogP contribution in [0.3, 0.4) is 0 Å². The van der Waals surface area contributed by atoms with Crippen LogP contribution in [0.1, 0.15) is 22.6 Å². The third-order valence-corrected chi connectivity index (χ3v) is 6.60. The molecule has 0 unspecified atom stereocenters. The average Bonchev–Trinajstić information content (AvgIpc) is 3.28. The monoisotopic (exact) mass is 429 g/mol. The molecule has 0 aromatic heterocycles. The van der Waals surface area contributed by atoms with E-state index in [1.807, 2.05) is 71.6 Å². The summed E-state index contributed by atoms with van der Waals surface area (Å²) < 4.78 is 6.10. The summed E-state index contributed by atoms with van der Waals surface area (Å²) in [4.78, 5) is 27.3. The van der Waals surface area contributed by atoms with Crippen molar-refractivity contribution in [1.29, 1.82) is 0 Å². The van der Waals surface area contributed by atoms with E-state index in [1.165, 1.54) is 0 Å². The average molecular weight is 429 g/mol. The second kappa shape index (κ2) is 7.76.